The number of fused-ring (bicyclic) bond motifs is 3. The molecule has 2 aliphatic carbocycles. The van der Waals surface area contributed by atoms with E-state index in [0.29, 0.717) is 18.1 Å². The molecule has 0 bridgehead atoms. The van der Waals surface area contributed by atoms with Crippen LogP contribution in [0.3, 0.4) is 0 Å². The van der Waals surface area contributed by atoms with Gasteiger partial charge in [-0.1, -0.05) is 69.2 Å². The van der Waals surface area contributed by atoms with Crippen molar-refractivity contribution in [1.29, 1.82) is 0 Å². The van der Waals surface area contributed by atoms with Crippen LogP contribution in [0.15, 0.2) is 42.5 Å². The summed E-state index contributed by atoms with van der Waals surface area (Å²) in [6.07, 6.45) is 13.9. The van der Waals surface area contributed by atoms with E-state index in [1.165, 1.54) is 44.1 Å². The second-order valence-corrected chi connectivity index (χ2v) is 11.0. The van der Waals surface area contributed by atoms with Crippen LogP contribution < -0.4 is 12.4 Å². The van der Waals surface area contributed by atoms with Gasteiger partial charge in [-0.2, -0.15) is 0 Å². The van der Waals surface area contributed by atoms with E-state index in [0.717, 1.165) is 29.4 Å². The van der Waals surface area contributed by atoms with Gasteiger partial charge in [0.25, 0.3) is 0 Å². The van der Waals surface area contributed by atoms with E-state index in [-0.39, 0.29) is 17.8 Å². The number of hydrogen-bond donors (Lipinski definition) is 0. The quantitative estimate of drug-likeness (QED) is 0.528. The van der Waals surface area contributed by atoms with Gasteiger partial charge in [0.15, 0.2) is 0 Å². The van der Waals surface area contributed by atoms with E-state index < -0.39 is 0 Å². The number of benzene rings is 1. The van der Waals surface area contributed by atoms with Crippen molar-refractivity contribution in [3.63, 3.8) is 0 Å². The maximum Gasteiger partial charge on any atom is 0.104 e. The summed E-state index contributed by atoms with van der Waals surface area (Å²) < 4.78 is 7.99. The molecule has 0 spiro atoms. The Labute approximate surface area is 184 Å². The molecule has 5 atom stereocenters. The number of halogens is 1. The van der Waals surface area contributed by atoms with Gasteiger partial charge >= 0.3 is 0 Å². The summed E-state index contributed by atoms with van der Waals surface area (Å²) >= 11 is 0. The molecular formula is C26H40ClNO. The average molecular weight is 418 g/mol. The molecule has 3 heteroatoms. The van der Waals surface area contributed by atoms with Gasteiger partial charge in [0.1, 0.15) is 6.54 Å². The second kappa shape index (κ2) is 9.12. The van der Waals surface area contributed by atoms with Gasteiger partial charge in [-0.15, -0.1) is 0 Å². The third-order valence-corrected chi connectivity index (χ3v) is 7.54. The molecule has 1 aromatic carbocycles. The predicted octanol–water partition coefficient (Wildman–Crippen LogP) is 2.83. The molecule has 5 unspecified atom stereocenters. The highest BCUT2D eigenvalue weighted by Crippen LogP contribution is 2.50. The SMILES string of the molecule is CC(C)(C[N+](C)(C)Cc1ccccc1)C1OC2CCCCC2C2C=CCCC21.[Cl-]. The molecule has 0 amide bonds. The first-order valence-corrected chi connectivity index (χ1v) is 11.5. The molecule has 1 heterocycles. The van der Waals surface area contributed by atoms with Crippen molar-refractivity contribution in [1.82, 2.24) is 0 Å². The van der Waals surface area contributed by atoms with Gasteiger partial charge in [-0.3, -0.25) is 0 Å². The molecule has 2 fully saturated rings. The lowest BCUT2D eigenvalue weighted by Gasteiger charge is -2.54. The van der Waals surface area contributed by atoms with Gasteiger partial charge in [0.05, 0.1) is 32.8 Å². The molecule has 1 saturated heterocycles. The Morgan fingerprint density at radius 1 is 1.00 bits per heavy atom. The lowest BCUT2D eigenvalue weighted by atomic mass is 9.61. The minimum Gasteiger partial charge on any atom is -1.00 e. The van der Waals surface area contributed by atoms with Crippen molar-refractivity contribution in [2.75, 3.05) is 20.6 Å². The fourth-order valence-corrected chi connectivity index (χ4v) is 6.81. The van der Waals surface area contributed by atoms with Crippen LogP contribution >= 0.6 is 0 Å². The fraction of sp³-hybridized carbons (Fsp3) is 0.692. The summed E-state index contributed by atoms with van der Waals surface area (Å²) in [6.45, 7) is 7.18. The predicted molar refractivity (Wildman–Crippen MR) is 117 cm³/mol. The highest BCUT2D eigenvalue weighted by Gasteiger charge is 2.51. The Morgan fingerprint density at radius 3 is 2.48 bits per heavy atom. The topological polar surface area (TPSA) is 9.23 Å². The minimum absolute atomic E-state index is 0. The van der Waals surface area contributed by atoms with Crippen molar-refractivity contribution in [2.24, 2.45) is 23.2 Å². The van der Waals surface area contributed by atoms with Crippen molar-refractivity contribution in [3.8, 4) is 0 Å². The molecule has 1 saturated carbocycles. The minimum atomic E-state index is 0. The Morgan fingerprint density at radius 2 is 1.72 bits per heavy atom. The van der Waals surface area contributed by atoms with Gasteiger partial charge in [-0.25, -0.2) is 0 Å². The number of nitrogens with zero attached hydrogens (tertiary/aromatic N) is 1. The maximum absolute atomic E-state index is 6.98. The second-order valence-electron chi connectivity index (χ2n) is 11.0. The Bertz CT molecular complexity index is 683. The number of quaternary nitrogens is 1. The van der Waals surface area contributed by atoms with Crippen molar-refractivity contribution >= 4 is 0 Å². The molecule has 4 rings (SSSR count). The zero-order valence-electron chi connectivity index (χ0n) is 18.8. The van der Waals surface area contributed by atoms with Crippen molar-refractivity contribution in [2.45, 2.75) is 71.1 Å². The summed E-state index contributed by atoms with van der Waals surface area (Å²) in [5.41, 5.74) is 1.60. The highest BCUT2D eigenvalue weighted by molar-refractivity contribution is 5.13. The zero-order chi connectivity index (χ0) is 19.8. The zero-order valence-corrected chi connectivity index (χ0v) is 19.6. The molecular weight excluding hydrogens is 378 g/mol. The number of ether oxygens (including phenoxy) is 1. The van der Waals surface area contributed by atoms with Crippen LogP contribution in [-0.2, 0) is 11.3 Å². The summed E-state index contributed by atoms with van der Waals surface area (Å²) in [4.78, 5) is 0. The third-order valence-electron chi connectivity index (χ3n) is 7.54. The average Bonchev–Trinajstić information content (AvgIpc) is 2.67. The van der Waals surface area contributed by atoms with Crippen LogP contribution in [0.1, 0.15) is 57.9 Å². The summed E-state index contributed by atoms with van der Waals surface area (Å²) in [6, 6.07) is 11.0. The summed E-state index contributed by atoms with van der Waals surface area (Å²) in [7, 11) is 4.78. The Hall–Kier alpha value is -0.830. The normalized spacial score (nSPS) is 32.1. The van der Waals surface area contributed by atoms with Gasteiger partial charge < -0.3 is 21.6 Å². The first-order chi connectivity index (χ1) is 13.4. The van der Waals surface area contributed by atoms with Crippen LogP contribution in [-0.4, -0.2) is 37.3 Å². The van der Waals surface area contributed by atoms with Crippen LogP contribution in [0.25, 0.3) is 0 Å². The summed E-state index contributed by atoms with van der Waals surface area (Å²) in [5, 5.41) is 0. The van der Waals surface area contributed by atoms with Gasteiger partial charge in [0, 0.05) is 11.0 Å². The molecule has 162 valence electrons. The number of allylic oxidation sites excluding steroid dienone is 2. The standard InChI is InChI=1S/C26H40NO.ClH/c1-26(2,19-27(3,4)18-20-12-6-5-7-13-20)25-23-16-9-8-14-21(23)22-15-10-11-17-24(22)28-25;/h5-8,12-14,21-25H,9-11,15-19H2,1-4H3;1H/q+1;/p-1. The molecule has 0 aromatic heterocycles. The van der Waals surface area contributed by atoms with E-state index in [4.69, 9.17) is 4.74 Å². The Balaban J connectivity index is 0.00000240. The van der Waals surface area contributed by atoms with Gasteiger partial charge in [-0.05, 0) is 43.4 Å². The van der Waals surface area contributed by atoms with E-state index in [1.807, 2.05) is 0 Å². The van der Waals surface area contributed by atoms with Crippen molar-refractivity contribution < 1.29 is 21.6 Å². The fourth-order valence-electron chi connectivity index (χ4n) is 6.81. The lowest BCUT2D eigenvalue weighted by Crippen LogP contribution is -3.00. The molecule has 0 radical (unpaired) electrons. The molecule has 29 heavy (non-hydrogen) atoms. The van der Waals surface area contributed by atoms with Crippen LogP contribution in [0.2, 0.25) is 0 Å². The summed E-state index contributed by atoms with van der Waals surface area (Å²) in [5.74, 6) is 2.23. The molecule has 1 aromatic rings. The molecule has 2 nitrogen and oxygen atoms in total. The smallest absolute Gasteiger partial charge is 0.104 e. The molecule has 0 N–H and O–H groups in total. The van der Waals surface area contributed by atoms with Gasteiger partial charge in [0.2, 0.25) is 0 Å². The monoisotopic (exact) mass is 417 g/mol. The maximum atomic E-state index is 6.98. The number of rotatable bonds is 5. The third kappa shape index (κ3) is 5.09. The first kappa shape index (κ1) is 22.8. The molecule has 3 aliphatic rings. The van der Waals surface area contributed by atoms with E-state index in [9.17, 15) is 0 Å². The van der Waals surface area contributed by atoms with E-state index >= 15 is 0 Å². The lowest BCUT2D eigenvalue weighted by molar-refractivity contribution is -0.910. The van der Waals surface area contributed by atoms with Crippen molar-refractivity contribution in [3.05, 3.63) is 48.0 Å². The van der Waals surface area contributed by atoms with E-state index in [1.54, 1.807) is 0 Å². The van der Waals surface area contributed by atoms with Crippen LogP contribution in [0.5, 0.6) is 0 Å². The molecule has 1 aliphatic heterocycles. The highest BCUT2D eigenvalue weighted by atomic mass is 35.5. The first-order valence-electron chi connectivity index (χ1n) is 11.5. The van der Waals surface area contributed by atoms with Crippen LogP contribution in [0, 0.1) is 23.2 Å². The number of hydrogen-bond acceptors (Lipinski definition) is 1. The van der Waals surface area contributed by atoms with Crippen LogP contribution in [0.4, 0.5) is 0 Å². The van der Waals surface area contributed by atoms with E-state index in [2.05, 4.69) is 70.4 Å². The Kier molecular flexibility index (Phi) is 7.18. The largest absolute Gasteiger partial charge is 1.00 e.